The fourth-order valence-corrected chi connectivity index (χ4v) is 1.75. The summed E-state index contributed by atoms with van der Waals surface area (Å²) in [6, 6.07) is 0. The molecule has 0 fully saturated rings. The number of nitrogen functional groups attached to an aromatic ring is 1. The van der Waals surface area contributed by atoms with Crippen LogP contribution in [0.5, 0.6) is 0 Å². The third-order valence-electron chi connectivity index (χ3n) is 2.82. The van der Waals surface area contributed by atoms with Crippen molar-refractivity contribution < 1.29 is 4.79 Å². The molecule has 0 saturated heterocycles. The lowest BCUT2D eigenvalue weighted by Crippen LogP contribution is -2.37. The summed E-state index contributed by atoms with van der Waals surface area (Å²) in [6.45, 7) is 6.74. The Kier molecular flexibility index (Phi) is 6.01. The summed E-state index contributed by atoms with van der Waals surface area (Å²) in [4.78, 5) is 37.2. The number of nitrogens with one attached hydrogen (secondary N) is 3. The van der Waals surface area contributed by atoms with Crippen molar-refractivity contribution in [1.82, 2.24) is 14.9 Å². The zero-order valence-electron chi connectivity index (χ0n) is 12.7. The first-order chi connectivity index (χ1) is 9.86. The molecule has 8 nitrogen and oxygen atoms in total. The second kappa shape index (κ2) is 7.51. The van der Waals surface area contributed by atoms with E-state index in [0.29, 0.717) is 25.4 Å². The Labute approximate surface area is 122 Å². The van der Waals surface area contributed by atoms with Crippen LogP contribution < -0.4 is 27.6 Å². The number of anilines is 2. The van der Waals surface area contributed by atoms with Gasteiger partial charge in [-0.3, -0.25) is 19.1 Å². The minimum absolute atomic E-state index is 0.0438. The molecule has 0 atom stereocenters. The summed E-state index contributed by atoms with van der Waals surface area (Å²) in [5.41, 5.74) is 4.70. The van der Waals surface area contributed by atoms with Gasteiger partial charge in [-0.05, 0) is 12.3 Å². The Morgan fingerprint density at radius 2 is 2.05 bits per heavy atom. The SMILES string of the molecule is CCCn1c(N)c(NCC(=O)NCC(C)C)c(=O)[nH]c1=O. The molecule has 8 heteroatoms. The highest BCUT2D eigenvalue weighted by Gasteiger charge is 2.12. The van der Waals surface area contributed by atoms with Crippen molar-refractivity contribution in [3.8, 4) is 0 Å². The van der Waals surface area contributed by atoms with Gasteiger partial charge in [-0.25, -0.2) is 4.79 Å². The lowest BCUT2D eigenvalue weighted by atomic mass is 10.2. The van der Waals surface area contributed by atoms with E-state index in [4.69, 9.17) is 5.73 Å². The van der Waals surface area contributed by atoms with Gasteiger partial charge in [0.15, 0.2) is 0 Å². The third kappa shape index (κ3) is 4.66. The molecule has 118 valence electrons. The molecule has 1 rings (SSSR count). The summed E-state index contributed by atoms with van der Waals surface area (Å²) in [7, 11) is 0. The molecule has 1 aromatic rings. The first kappa shape index (κ1) is 16.8. The topological polar surface area (TPSA) is 122 Å². The molecule has 0 unspecified atom stereocenters. The van der Waals surface area contributed by atoms with E-state index in [0.717, 1.165) is 0 Å². The third-order valence-corrected chi connectivity index (χ3v) is 2.82. The average Bonchev–Trinajstić information content (AvgIpc) is 2.40. The van der Waals surface area contributed by atoms with Crippen LogP contribution in [0.3, 0.4) is 0 Å². The van der Waals surface area contributed by atoms with Crippen molar-refractivity contribution in [3.05, 3.63) is 20.8 Å². The molecule has 0 aliphatic rings. The number of rotatable bonds is 7. The molecule has 0 spiro atoms. The van der Waals surface area contributed by atoms with E-state index in [1.54, 1.807) is 0 Å². The molecule has 0 bridgehead atoms. The van der Waals surface area contributed by atoms with Gasteiger partial charge < -0.3 is 16.4 Å². The maximum Gasteiger partial charge on any atom is 0.330 e. The van der Waals surface area contributed by atoms with Crippen molar-refractivity contribution in [2.75, 3.05) is 24.1 Å². The Morgan fingerprint density at radius 1 is 1.38 bits per heavy atom. The van der Waals surface area contributed by atoms with E-state index in [1.807, 2.05) is 20.8 Å². The highest BCUT2D eigenvalue weighted by Crippen LogP contribution is 2.09. The number of aromatic amines is 1. The largest absolute Gasteiger partial charge is 0.383 e. The first-order valence-corrected chi connectivity index (χ1v) is 7.00. The Balaban J connectivity index is 2.84. The Morgan fingerprint density at radius 3 is 2.62 bits per heavy atom. The number of hydrogen-bond acceptors (Lipinski definition) is 5. The van der Waals surface area contributed by atoms with E-state index in [-0.39, 0.29) is 24.0 Å². The number of amides is 1. The van der Waals surface area contributed by atoms with Gasteiger partial charge in [-0.1, -0.05) is 20.8 Å². The second-order valence-electron chi connectivity index (χ2n) is 5.22. The highest BCUT2D eigenvalue weighted by atomic mass is 16.2. The van der Waals surface area contributed by atoms with Gasteiger partial charge in [0.1, 0.15) is 11.5 Å². The molecule has 0 aromatic carbocycles. The molecule has 0 radical (unpaired) electrons. The number of carbonyl (C=O) groups is 1. The van der Waals surface area contributed by atoms with Crippen LogP contribution in [-0.2, 0) is 11.3 Å². The fraction of sp³-hybridized carbons (Fsp3) is 0.615. The smallest absolute Gasteiger partial charge is 0.330 e. The van der Waals surface area contributed by atoms with Gasteiger partial charge in [0.2, 0.25) is 5.91 Å². The van der Waals surface area contributed by atoms with Crippen molar-refractivity contribution in [2.24, 2.45) is 5.92 Å². The van der Waals surface area contributed by atoms with Crippen LogP contribution in [0.1, 0.15) is 27.2 Å². The first-order valence-electron chi connectivity index (χ1n) is 7.00. The zero-order valence-corrected chi connectivity index (χ0v) is 12.7. The number of nitrogens with two attached hydrogens (primary N) is 1. The molecule has 1 heterocycles. The number of nitrogens with zero attached hydrogens (tertiary/aromatic N) is 1. The van der Waals surface area contributed by atoms with Crippen molar-refractivity contribution in [3.63, 3.8) is 0 Å². The van der Waals surface area contributed by atoms with Crippen molar-refractivity contribution >= 4 is 17.4 Å². The van der Waals surface area contributed by atoms with Gasteiger partial charge in [0.05, 0.1) is 6.54 Å². The van der Waals surface area contributed by atoms with Crippen LogP contribution in [0.4, 0.5) is 11.5 Å². The van der Waals surface area contributed by atoms with Crippen molar-refractivity contribution in [1.29, 1.82) is 0 Å². The van der Waals surface area contributed by atoms with Crippen LogP contribution in [0, 0.1) is 5.92 Å². The molecule has 0 aliphatic carbocycles. The van der Waals surface area contributed by atoms with Gasteiger partial charge in [0.25, 0.3) is 5.56 Å². The number of aromatic nitrogens is 2. The second-order valence-corrected chi connectivity index (χ2v) is 5.22. The van der Waals surface area contributed by atoms with Gasteiger partial charge in [-0.2, -0.15) is 0 Å². The summed E-state index contributed by atoms with van der Waals surface area (Å²) >= 11 is 0. The van der Waals surface area contributed by atoms with Gasteiger partial charge in [0, 0.05) is 13.1 Å². The average molecular weight is 297 g/mol. The van der Waals surface area contributed by atoms with Crippen LogP contribution >= 0.6 is 0 Å². The monoisotopic (exact) mass is 297 g/mol. The minimum Gasteiger partial charge on any atom is -0.383 e. The normalized spacial score (nSPS) is 10.7. The Hall–Kier alpha value is -2.25. The molecule has 1 amide bonds. The van der Waals surface area contributed by atoms with E-state index in [1.165, 1.54) is 4.57 Å². The standard InChI is InChI=1S/C13H23N5O3/c1-4-5-18-11(14)10(12(20)17-13(18)21)16-7-9(19)15-6-8(2)3/h8,16H,4-7,14H2,1-3H3,(H,15,19)(H,17,20,21). The van der Waals surface area contributed by atoms with Gasteiger partial charge in [-0.15, -0.1) is 0 Å². The van der Waals surface area contributed by atoms with Crippen LogP contribution in [0.25, 0.3) is 0 Å². The zero-order chi connectivity index (χ0) is 16.0. The molecule has 0 aliphatic heterocycles. The molecule has 5 N–H and O–H groups in total. The van der Waals surface area contributed by atoms with E-state index in [2.05, 4.69) is 15.6 Å². The van der Waals surface area contributed by atoms with E-state index < -0.39 is 11.2 Å². The van der Waals surface area contributed by atoms with Gasteiger partial charge >= 0.3 is 5.69 Å². The highest BCUT2D eigenvalue weighted by molar-refractivity contribution is 5.81. The lowest BCUT2D eigenvalue weighted by molar-refractivity contribution is -0.119. The summed E-state index contributed by atoms with van der Waals surface area (Å²) < 4.78 is 1.27. The summed E-state index contributed by atoms with van der Waals surface area (Å²) in [5, 5.41) is 5.41. The van der Waals surface area contributed by atoms with Crippen molar-refractivity contribution in [2.45, 2.75) is 33.7 Å². The maximum absolute atomic E-state index is 11.8. The molecule has 21 heavy (non-hydrogen) atoms. The molecular weight excluding hydrogens is 274 g/mol. The van der Waals surface area contributed by atoms with E-state index in [9.17, 15) is 14.4 Å². The van der Waals surface area contributed by atoms with Crippen LogP contribution in [0.15, 0.2) is 9.59 Å². The van der Waals surface area contributed by atoms with E-state index >= 15 is 0 Å². The predicted octanol–water partition coefficient (Wildman–Crippen LogP) is -0.287. The number of carbonyl (C=O) groups excluding carboxylic acids is 1. The Bertz CT molecular complexity index is 603. The van der Waals surface area contributed by atoms with Crippen LogP contribution in [-0.4, -0.2) is 28.5 Å². The fourth-order valence-electron chi connectivity index (χ4n) is 1.75. The number of hydrogen-bond donors (Lipinski definition) is 4. The van der Waals surface area contributed by atoms with Crippen LogP contribution in [0.2, 0.25) is 0 Å². The molecule has 1 aromatic heterocycles. The summed E-state index contributed by atoms with van der Waals surface area (Å²) in [6.07, 6.45) is 0.699. The maximum atomic E-state index is 11.8. The molecular formula is C13H23N5O3. The lowest BCUT2D eigenvalue weighted by Gasteiger charge is -2.13. The minimum atomic E-state index is -0.624. The quantitative estimate of drug-likeness (QED) is 0.551. The predicted molar refractivity (Wildman–Crippen MR) is 82.4 cm³/mol. The number of H-pyrrole nitrogens is 1. The molecule has 0 saturated carbocycles. The summed E-state index contributed by atoms with van der Waals surface area (Å²) in [5.74, 6) is 0.145.